The van der Waals surface area contributed by atoms with E-state index in [2.05, 4.69) is 5.32 Å². The standard InChI is InChI=1S/C16H13N3O3/c1-11(20)14-7-6-12(9-17)8-15(14)18-10-13-4-2-3-5-16(13)19(21)22/h2-8,18H,10H2,1H3. The van der Waals surface area contributed by atoms with Crippen molar-refractivity contribution in [2.24, 2.45) is 0 Å². The van der Waals surface area contributed by atoms with E-state index in [1.807, 2.05) is 6.07 Å². The average molecular weight is 295 g/mol. The molecule has 0 atom stereocenters. The Morgan fingerprint density at radius 3 is 2.68 bits per heavy atom. The number of hydrogen-bond acceptors (Lipinski definition) is 5. The van der Waals surface area contributed by atoms with Gasteiger partial charge in [0.2, 0.25) is 0 Å². The second-order valence-corrected chi connectivity index (χ2v) is 4.67. The molecule has 0 saturated carbocycles. The Kier molecular flexibility index (Phi) is 4.49. The molecule has 0 aliphatic rings. The molecule has 2 aromatic rings. The highest BCUT2D eigenvalue weighted by atomic mass is 16.6. The average Bonchev–Trinajstić information content (AvgIpc) is 2.52. The van der Waals surface area contributed by atoms with Crippen molar-refractivity contribution in [2.75, 3.05) is 5.32 Å². The minimum Gasteiger partial charge on any atom is -0.380 e. The number of rotatable bonds is 5. The normalized spacial score (nSPS) is 9.82. The van der Waals surface area contributed by atoms with Gasteiger partial charge >= 0.3 is 0 Å². The Morgan fingerprint density at radius 1 is 1.32 bits per heavy atom. The molecule has 0 aromatic heterocycles. The molecular weight excluding hydrogens is 282 g/mol. The molecule has 22 heavy (non-hydrogen) atoms. The van der Waals surface area contributed by atoms with Crippen molar-refractivity contribution in [3.05, 3.63) is 69.3 Å². The summed E-state index contributed by atoms with van der Waals surface area (Å²) >= 11 is 0. The van der Waals surface area contributed by atoms with E-state index < -0.39 is 4.92 Å². The van der Waals surface area contributed by atoms with Gasteiger partial charge in [-0.15, -0.1) is 0 Å². The molecule has 0 amide bonds. The Bertz CT molecular complexity index is 778. The first-order valence-electron chi connectivity index (χ1n) is 6.54. The topological polar surface area (TPSA) is 96.0 Å². The number of nitrogens with one attached hydrogen (secondary N) is 1. The van der Waals surface area contributed by atoms with Crippen LogP contribution in [0.4, 0.5) is 11.4 Å². The number of benzene rings is 2. The van der Waals surface area contributed by atoms with Crippen LogP contribution in [0.15, 0.2) is 42.5 Å². The first-order valence-corrected chi connectivity index (χ1v) is 6.54. The highest BCUT2D eigenvalue weighted by molar-refractivity contribution is 5.99. The van der Waals surface area contributed by atoms with Gasteiger partial charge in [-0.3, -0.25) is 14.9 Å². The number of anilines is 1. The van der Waals surface area contributed by atoms with Gasteiger partial charge in [0.1, 0.15) is 0 Å². The second kappa shape index (κ2) is 6.50. The molecule has 0 saturated heterocycles. The summed E-state index contributed by atoms with van der Waals surface area (Å²) in [6, 6.07) is 13.1. The third-order valence-corrected chi connectivity index (χ3v) is 3.19. The highest BCUT2D eigenvalue weighted by Gasteiger charge is 2.13. The summed E-state index contributed by atoms with van der Waals surface area (Å²) in [6.07, 6.45) is 0. The summed E-state index contributed by atoms with van der Waals surface area (Å²) in [5, 5.41) is 22.9. The lowest BCUT2D eigenvalue weighted by atomic mass is 10.1. The van der Waals surface area contributed by atoms with E-state index in [-0.39, 0.29) is 18.0 Å². The van der Waals surface area contributed by atoms with Gasteiger partial charge in [-0.1, -0.05) is 18.2 Å². The van der Waals surface area contributed by atoms with Crippen molar-refractivity contribution in [3.63, 3.8) is 0 Å². The number of ketones is 1. The van der Waals surface area contributed by atoms with E-state index in [0.717, 1.165) is 0 Å². The van der Waals surface area contributed by atoms with Gasteiger partial charge in [-0.25, -0.2) is 0 Å². The van der Waals surface area contributed by atoms with Crippen LogP contribution in [0.5, 0.6) is 0 Å². The summed E-state index contributed by atoms with van der Waals surface area (Å²) < 4.78 is 0. The monoisotopic (exact) mass is 295 g/mol. The number of carbonyl (C=O) groups is 1. The van der Waals surface area contributed by atoms with E-state index in [4.69, 9.17) is 5.26 Å². The van der Waals surface area contributed by atoms with Crippen LogP contribution in [0.2, 0.25) is 0 Å². The summed E-state index contributed by atoms with van der Waals surface area (Å²) in [5.74, 6) is -0.144. The van der Waals surface area contributed by atoms with Gasteiger partial charge in [0.05, 0.1) is 16.6 Å². The molecule has 0 bridgehead atoms. The van der Waals surface area contributed by atoms with E-state index in [1.165, 1.54) is 13.0 Å². The second-order valence-electron chi connectivity index (χ2n) is 4.67. The fraction of sp³-hybridized carbons (Fsp3) is 0.125. The zero-order valence-electron chi connectivity index (χ0n) is 11.9. The van der Waals surface area contributed by atoms with Crippen LogP contribution in [0.3, 0.4) is 0 Å². The van der Waals surface area contributed by atoms with Gasteiger partial charge in [-0.2, -0.15) is 5.26 Å². The molecule has 0 aliphatic carbocycles. The summed E-state index contributed by atoms with van der Waals surface area (Å²) in [4.78, 5) is 22.2. The smallest absolute Gasteiger partial charge is 0.274 e. The van der Waals surface area contributed by atoms with Crippen LogP contribution in [0.25, 0.3) is 0 Å². The maximum atomic E-state index is 11.6. The van der Waals surface area contributed by atoms with Gasteiger partial charge in [-0.05, 0) is 25.1 Å². The molecule has 1 N–H and O–H groups in total. The summed E-state index contributed by atoms with van der Waals surface area (Å²) in [5.41, 5.74) is 1.86. The first kappa shape index (κ1) is 15.2. The van der Waals surface area contributed by atoms with Gasteiger partial charge < -0.3 is 5.32 Å². The van der Waals surface area contributed by atoms with Crippen LogP contribution in [-0.4, -0.2) is 10.7 Å². The number of nitriles is 1. The van der Waals surface area contributed by atoms with Crippen LogP contribution in [-0.2, 0) is 6.54 Å². The number of nitrogens with zero attached hydrogens (tertiary/aromatic N) is 2. The molecule has 0 fully saturated rings. The number of carbonyl (C=O) groups excluding carboxylic acids is 1. The number of para-hydroxylation sites is 1. The van der Waals surface area contributed by atoms with Crippen LogP contribution in [0.1, 0.15) is 28.4 Å². The highest BCUT2D eigenvalue weighted by Crippen LogP contribution is 2.22. The maximum absolute atomic E-state index is 11.6. The number of nitro groups is 1. The van der Waals surface area contributed by atoms with Gasteiger partial charge in [0.15, 0.2) is 5.78 Å². The lowest BCUT2D eigenvalue weighted by Gasteiger charge is -2.11. The SMILES string of the molecule is CC(=O)c1ccc(C#N)cc1NCc1ccccc1[N+](=O)[O-]. The minimum absolute atomic E-state index is 0.0100. The van der Waals surface area contributed by atoms with Crippen molar-refractivity contribution in [1.82, 2.24) is 0 Å². The lowest BCUT2D eigenvalue weighted by molar-refractivity contribution is -0.385. The molecule has 0 spiro atoms. The van der Waals surface area contributed by atoms with Crippen molar-refractivity contribution in [1.29, 1.82) is 5.26 Å². The molecular formula is C16H13N3O3. The first-order chi connectivity index (χ1) is 10.5. The van der Waals surface area contributed by atoms with Crippen LogP contribution >= 0.6 is 0 Å². The molecule has 110 valence electrons. The van der Waals surface area contributed by atoms with Crippen molar-refractivity contribution >= 4 is 17.2 Å². The van der Waals surface area contributed by atoms with Crippen molar-refractivity contribution < 1.29 is 9.72 Å². The Hall–Kier alpha value is -3.20. The quantitative estimate of drug-likeness (QED) is 0.518. The lowest BCUT2D eigenvalue weighted by Crippen LogP contribution is -2.07. The summed E-state index contributed by atoms with van der Waals surface area (Å²) in [6.45, 7) is 1.61. The molecule has 0 heterocycles. The van der Waals surface area contributed by atoms with E-state index in [1.54, 1.807) is 36.4 Å². The predicted octanol–water partition coefficient (Wildman–Crippen LogP) is 3.28. The van der Waals surface area contributed by atoms with E-state index in [0.29, 0.717) is 22.4 Å². The predicted molar refractivity (Wildman–Crippen MR) is 81.6 cm³/mol. The maximum Gasteiger partial charge on any atom is 0.274 e. The Balaban J connectivity index is 2.31. The Labute approximate surface area is 127 Å². The number of nitro benzene ring substituents is 1. The van der Waals surface area contributed by atoms with Crippen LogP contribution < -0.4 is 5.32 Å². The van der Waals surface area contributed by atoms with Gasteiger partial charge in [0.25, 0.3) is 5.69 Å². The fourth-order valence-electron chi connectivity index (χ4n) is 2.10. The zero-order chi connectivity index (χ0) is 16.1. The molecule has 6 nitrogen and oxygen atoms in total. The largest absolute Gasteiger partial charge is 0.380 e. The van der Waals surface area contributed by atoms with Crippen LogP contribution in [0, 0.1) is 21.4 Å². The molecule has 0 radical (unpaired) electrons. The third-order valence-electron chi connectivity index (χ3n) is 3.19. The van der Waals surface area contributed by atoms with E-state index in [9.17, 15) is 14.9 Å². The van der Waals surface area contributed by atoms with Gasteiger partial charge in [0, 0.05) is 29.4 Å². The number of Topliss-reactive ketones (excluding diaryl/α,β-unsaturated/α-hetero) is 1. The van der Waals surface area contributed by atoms with E-state index >= 15 is 0 Å². The minimum atomic E-state index is -0.450. The summed E-state index contributed by atoms with van der Waals surface area (Å²) in [7, 11) is 0. The Morgan fingerprint density at radius 2 is 2.05 bits per heavy atom. The third kappa shape index (κ3) is 3.27. The molecule has 0 unspecified atom stereocenters. The fourth-order valence-corrected chi connectivity index (χ4v) is 2.10. The molecule has 2 aromatic carbocycles. The zero-order valence-corrected chi connectivity index (χ0v) is 11.9. The molecule has 6 heteroatoms. The van der Waals surface area contributed by atoms with Crippen molar-refractivity contribution in [2.45, 2.75) is 13.5 Å². The molecule has 0 aliphatic heterocycles. The number of hydrogen-bond donors (Lipinski definition) is 1. The van der Waals surface area contributed by atoms with Crippen molar-refractivity contribution in [3.8, 4) is 6.07 Å². The molecule has 2 rings (SSSR count).